The Morgan fingerprint density at radius 1 is 1.24 bits per heavy atom. The van der Waals surface area contributed by atoms with Gasteiger partial charge in [0.15, 0.2) is 0 Å². The second-order valence-corrected chi connectivity index (χ2v) is 4.60. The maximum absolute atomic E-state index is 4.32. The molecule has 0 aliphatic carbocycles. The number of nitrogens with zero attached hydrogens (tertiary/aromatic N) is 3. The van der Waals surface area contributed by atoms with Crippen molar-refractivity contribution < 1.29 is 0 Å². The molecule has 2 aromatic rings. The Labute approximate surface area is 110 Å². The van der Waals surface area contributed by atoms with E-state index in [0.717, 1.165) is 23.4 Å². The SMILES string of the molecule is CCC(c1ccccc1)c1nnc(CBr)n1C. The standard InChI is InChI=1S/C13H16BrN3/c1-3-11(10-7-5-4-6-8-10)13-16-15-12(9-14)17(13)2/h4-8,11H,3,9H2,1-2H3. The fraction of sp³-hybridized carbons (Fsp3) is 0.385. The Kier molecular flexibility index (Phi) is 3.94. The van der Waals surface area contributed by atoms with E-state index in [1.54, 1.807) is 0 Å². The van der Waals surface area contributed by atoms with E-state index in [1.807, 2.05) is 13.1 Å². The van der Waals surface area contributed by atoms with E-state index >= 15 is 0 Å². The van der Waals surface area contributed by atoms with E-state index in [0.29, 0.717) is 5.92 Å². The number of hydrogen-bond acceptors (Lipinski definition) is 2. The van der Waals surface area contributed by atoms with Crippen molar-refractivity contribution >= 4 is 15.9 Å². The highest BCUT2D eigenvalue weighted by Crippen LogP contribution is 2.26. The van der Waals surface area contributed by atoms with Gasteiger partial charge in [0.1, 0.15) is 11.6 Å². The average Bonchev–Trinajstić information content (AvgIpc) is 2.73. The molecule has 90 valence electrons. The second-order valence-electron chi connectivity index (χ2n) is 4.04. The highest BCUT2D eigenvalue weighted by Gasteiger charge is 2.18. The minimum absolute atomic E-state index is 0.321. The molecule has 17 heavy (non-hydrogen) atoms. The molecule has 0 bridgehead atoms. The van der Waals surface area contributed by atoms with Gasteiger partial charge in [-0.05, 0) is 12.0 Å². The van der Waals surface area contributed by atoms with E-state index in [4.69, 9.17) is 0 Å². The molecule has 0 N–H and O–H groups in total. The minimum atomic E-state index is 0.321. The third kappa shape index (κ3) is 2.41. The Hall–Kier alpha value is -1.16. The highest BCUT2D eigenvalue weighted by molar-refractivity contribution is 9.08. The molecule has 1 atom stereocenters. The molecule has 2 rings (SSSR count). The first-order valence-electron chi connectivity index (χ1n) is 5.77. The minimum Gasteiger partial charge on any atom is -0.317 e. The van der Waals surface area contributed by atoms with Crippen molar-refractivity contribution in [2.24, 2.45) is 7.05 Å². The van der Waals surface area contributed by atoms with Crippen molar-refractivity contribution in [2.45, 2.75) is 24.6 Å². The van der Waals surface area contributed by atoms with Crippen LogP contribution in [0.15, 0.2) is 30.3 Å². The summed E-state index contributed by atoms with van der Waals surface area (Å²) >= 11 is 3.43. The zero-order valence-corrected chi connectivity index (χ0v) is 11.7. The summed E-state index contributed by atoms with van der Waals surface area (Å²) in [6, 6.07) is 10.5. The van der Waals surface area contributed by atoms with Crippen molar-refractivity contribution in [1.82, 2.24) is 14.8 Å². The van der Waals surface area contributed by atoms with Crippen LogP contribution in [-0.2, 0) is 12.4 Å². The first-order chi connectivity index (χ1) is 8.27. The Morgan fingerprint density at radius 2 is 1.94 bits per heavy atom. The molecule has 3 nitrogen and oxygen atoms in total. The van der Waals surface area contributed by atoms with Crippen LogP contribution in [0.2, 0.25) is 0 Å². The van der Waals surface area contributed by atoms with Crippen molar-refractivity contribution in [3.63, 3.8) is 0 Å². The first kappa shape index (κ1) is 12.3. The van der Waals surface area contributed by atoms with E-state index in [2.05, 4.69) is 61.9 Å². The van der Waals surface area contributed by atoms with E-state index in [-0.39, 0.29) is 0 Å². The fourth-order valence-electron chi connectivity index (χ4n) is 2.05. The first-order valence-corrected chi connectivity index (χ1v) is 6.89. The number of benzene rings is 1. The quantitative estimate of drug-likeness (QED) is 0.810. The van der Waals surface area contributed by atoms with Gasteiger partial charge in [-0.2, -0.15) is 0 Å². The van der Waals surface area contributed by atoms with Crippen molar-refractivity contribution in [1.29, 1.82) is 0 Å². The van der Waals surface area contributed by atoms with Crippen molar-refractivity contribution in [3.8, 4) is 0 Å². The monoisotopic (exact) mass is 293 g/mol. The summed E-state index contributed by atoms with van der Waals surface area (Å²) < 4.78 is 2.08. The third-order valence-electron chi connectivity index (χ3n) is 3.04. The third-order valence-corrected chi connectivity index (χ3v) is 3.54. The molecule has 0 saturated heterocycles. The Morgan fingerprint density at radius 3 is 2.47 bits per heavy atom. The summed E-state index contributed by atoms with van der Waals surface area (Å²) in [7, 11) is 2.03. The summed E-state index contributed by atoms with van der Waals surface area (Å²) in [5.41, 5.74) is 1.30. The van der Waals surface area contributed by atoms with Gasteiger partial charge in [-0.15, -0.1) is 10.2 Å². The van der Waals surface area contributed by atoms with Crippen LogP contribution in [0.25, 0.3) is 0 Å². The molecule has 1 aromatic carbocycles. The lowest BCUT2D eigenvalue weighted by Gasteiger charge is -2.14. The van der Waals surface area contributed by atoms with Gasteiger partial charge in [-0.3, -0.25) is 0 Å². The summed E-state index contributed by atoms with van der Waals surface area (Å²) in [6.45, 7) is 2.18. The van der Waals surface area contributed by atoms with Crippen LogP contribution in [0.4, 0.5) is 0 Å². The number of alkyl halides is 1. The molecule has 0 aliphatic rings. The zero-order chi connectivity index (χ0) is 12.3. The topological polar surface area (TPSA) is 30.7 Å². The maximum Gasteiger partial charge on any atom is 0.143 e. The van der Waals surface area contributed by atoms with Crippen molar-refractivity contribution in [3.05, 3.63) is 47.5 Å². The number of hydrogen-bond donors (Lipinski definition) is 0. The maximum atomic E-state index is 4.32. The van der Waals surface area contributed by atoms with Crippen LogP contribution in [0.5, 0.6) is 0 Å². The van der Waals surface area contributed by atoms with Gasteiger partial charge >= 0.3 is 0 Å². The molecule has 4 heteroatoms. The molecule has 0 amide bonds. The molecule has 0 radical (unpaired) electrons. The van der Waals surface area contributed by atoms with E-state index < -0.39 is 0 Å². The predicted molar refractivity (Wildman–Crippen MR) is 72.2 cm³/mol. The number of aromatic nitrogens is 3. The lowest BCUT2D eigenvalue weighted by Crippen LogP contribution is -2.08. The number of halogens is 1. The van der Waals surface area contributed by atoms with E-state index in [1.165, 1.54) is 5.56 Å². The van der Waals surface area contributed by atoms with Crippen LogP contribution in [0.1, 0.15) is 36.5 Å². The van der Waals surface area contributed by atoms with Crippen LogP contribution >= 0.6 is 15.9 Å². The second kappa shape index (κ2) is 5.45. The van der Waals surface area contributed by atoms with Gasteiger partial charge in [0, 0.05) is 13.0 Å². The molecule has 1 aromatic heterocycles. The molecular formula is C13H16BrN3. The highest BCUT2D eigenvalue weighted by atomic mass is 79.9. The predicted octanol–water partition coefficient (Wildman–Crippen LogP) is 3.25. The van der Waals surface area contributed by atoms with Crippen LogP contribution in [0, 0.1) is 0 Å². The Balaban J connectivity index is 2.39. The lowest BCUT2D eigenvalue weighted by atomic mass is 9.96. The molecule has 1 unspecified atom stereocenters. The van der Waals surface area contributed by atoms with Gasteiger partial charge < -0.3 is 4.57 Å². The largest absolute Gasteiger partial charge is 0.317 e. The van der Waals surface area contributed by atoms with Crippen molar-refractivity contribution in [2.75, 3.05) is 0 Å². The van der Waals surface area contributed by atoms with Gasteiger partial charge in [-0.1, -0.05) is 53.2 Å². The Bertz CT molecular complexity index is 479. The van der Waals surface area contributed by atoms with E-state index in [9.17, 15) is 0 Å². The van der Waals surface area contributed by atoms with Gasteiger partial charge in [-0.25, -0.2) is 0 Å². The van der Waals surface area contributed by atoms with Crippen LogP contribution in [-0.4, -0.2) is 14.8 Å². The molecule has 1 heterocycles. The molecule has 0 saturated carbocycles. The smallest absolute Gasteiger partial charge is 0.143 e. The van der Waals surface area contributed by atoms with Crippen LogP contribution in [0.3, 0.4) is 0 Å². The van der Waals surface area contributed by atoms with Gasteiger partial charge in [0.25, 0.3) is 0 Å². The normalized spacial score (nSPS) is 12.6. The molecule has 0 aliphatic heterocycles. The van der Waals surface area contributed by atoms with Gasteiger partial charge in [0.05, 0.1) is 5.33 Å². The summed E-state index contributed by atoms with van der Waals surface area (Å²) in [4.78, 5) is 0. The molecular weight excluding hydrogens is 278 g/mol. The summed E-state index contributed by atoms with van der Waals surface area (Å²) in [5, 5.41) is 9.25. The lowest BCUT2D eigenvalue weighted by molar-refractivity contribution is 0.665. The van der Waals surface area contributed by atoms with Gasteiger partial charge in [0.2, 0.25) is 0 Å². The zero-order valence-electron chi connectivity index (χ0n) is 10.1. The number of rotatable bonds is 4. The summed E-state index contributed by atoms with van der Waals surface area (Å²) in [6.07, 6.45) is 1.03. The molecule has 0 spiro atoms. The van der Waals surface area contributed by atoms with Crippen LogP contribution < -0.4 is 0 Å². The average molecular weight is 294 g/mol. The fourth-order valence-corrected chi connectivity index (χ4v) is 2.54. The molecule has 0 fully saturated rings. The summed E-state index contributed by atoms with van der Waals surface area (Å²) in [5.74, 6) is 2.32.